The van der Waals surface area contributed by atoms with Gasteiger partial charge < -0.3 is 15.2 Å². The molecule has 1 atom stereocenters. The number of fused-ring (bicyclic) bond motifs is 1. The molecule has 4 heteroatoms. The van der Waals surface area contributed by atoms with Crippen LogP contribution in [0.15, 0.2) is 36.4 Å². The predicted octanol–water partition coefficient (Wildman–Crippen LogP) is 3.39. The average molecular weight is 259 g/mol. The van der Waals surface area contributed by atoms with Crippen LogP contribution in [0.2, 0.25) is 0 Å². The minimum Gasteiger partial charge on any atom is -0.508 e. The van der Waals surface area contributed by atoms with E-state index in [2.05, 4.69) is 5.32 Å². The molecule has 2 N–H and O–H groups in total. The van der Waals surface area contributed by atoms with Gasteiger partial charge in [0, 0.05) is 11.6 Å². The SMILES string of the molecule is Cc1ccc(NC2COc3cc(O)ccc32)c(F)c1. The highest BCUT2D eigenvalue weighted by atomic mass is 19.1. The van der Waals surface area contributed by atoms with Gasteiger partial charge >= 0.3 is 0 Å². The Morgan fingerprint density at radius 3 is 2.89 bits per heavy atom. The van der Waals surface area contributed by atoms with E-state index in [0.29, 0.717) is 18.0 Å². The van der Waals surface area contributed by atoms with Gasteiger partial charge in [-0.25, -0.2) is 4.39 Å². The van der Waals surface area contributed by atoms with Crippen molar-refractivity contribution in [3.05, 3.63) is 53.3 Å². The van der Waals surface area contributed by atoms with E-state index < -0.39 is 0 Å². The molecule has 2 aromatic carbocycles. The zero-order valence-electron chi connectivity index (χ0n) is 10.5. The number of anilines is 1. The number of benzene rings is 2. The van der Waals surface area contributed by atoms with Crippen molar-refractivity contribution in [2.45, 2.75) is 13.0 Å². The molecule has 2 aromatic rings. The Bertz CT molecular complexity index is 628. The molecule has 0 bridgehead atoms. The molecule has 0 aliphatic carbocycles. The molecule has 1 unspecified atom stereocenters. The summed E-state index contributed by atoms with van der Waals surface area (Å²) in [7, 11) is 0. The summed E-state index contributed by atoms with van der Waals surface area (Å²) in [4.78, 5) is 0. The molecule has 19 heavy (non-hydrogen) atoms. The van der Waals surface area contributed by atoms with Gasteiger partial charge in [0.15, 0.2) is 0 Å². The van der Waals surface area contributed by atoms with Crippen molar-refractivity contribution in [2.75, 3.05) is 11.9 Å². The van der Waals surface area contributed by atoms with Gasteiger partial charge in [-0.1, -0.05) is 6.07 Å². The van der Waals surface area contributed by atoms with Crippen LogP contribution in [0.4, 0.5) is 10.1 Å². The summed E-state index contributed by atoms with van der Waals surface area (Å²) in [6.07, 6.45) is 0. The van der Waals surface area contributed by atoms with Gasteiger partial charge in [-0.15, -0.1) is 0 Å². The minimum atomic E-state index is -0.271. The van der Waals surface area contributed by atoms with Gasteiger partial charge in [-0.2, -0.15) is 0 Å². The lowest BCUT2D eigenvalue weighted by atomic mass is 10.1. The largest absolute Gasteiger partial charge is 0.508 e. The van der Waals surface area contributed by atoms with E-state index in [1.165, 1.54) is 6.07 Å². The molecule has 1 aliphatic heterocycles. The van der Waals surface area contributed by atoms with Crippen LogP contribution in [-0.4, -0.2) is 11.7 Å². The highest BCUT2D eigenvalue weighted by molar-refractivity contribution is 5.52. The zero-order valence-corrected chi connectivity index (χ0v) is 10.5. The molecule has 0 saturated carbocycles. The highest BCUT2D eigenvalue weighted by Crippen LogP contribution is 2.37. The van der Waals surface area contributed by atoms with Crippen molar-refractivity contribution in [1.82, 2.24) is 0 Å². The van der Waals surface area contributed by atoms with Crippen molar-refractivity contribution < 1.29 is 14.2 Å². The summed E-state index contributed by atoms with van der Waals surface area (Å²) >= 11 is 0. The first kappa shape index (κ1) is 11.8. The van der Waals surface area contributed by atoms with Gasteiger partial charge in [-0.05, 0) is 36.8 Å². The van der Waals surface area contributed by atoms with Gasteiger partial charge in [0.1, 0.15) is 23.9 Å². The summed E-state index contributed by atoms with van der Waals surface area (Å²) in [5.74, 6) is 0.540. The maximum atomic E-state index is 13.8. The smallest absolute Gasteiger partial charge is 0.146 e. The maximum Gasteiger partial charge on any atom is 0.146 e. The second kappa shape index (κ2) is 4.46. The van der Waals surface area contributed by atoms with Crippen LogP contribution in [0.3, 0.4) is 0 Å². The number of rotatable bonds is 2. The first-order chi connectivity index (χ1) is 9.13. The molecule has 1 heterocycles. The van der Waals surface area contributed by atoms with E-state index in [0.717, 1.165) is 11.1 Å². The third-order valence-corrected chi connectivity index (χ3v) is 3.23. The Labute approximate surface area is 110 Å². The number of nitrogens with one attached hydrogen (secondary N) is 1. The number of aryl methyl sites for hydroxylation is 1. The van der Waals surface area contributed by atoms with E-state index in [1.807, 2.05) is 13.0 Å². The fourth-order valence-electron chi connectivity index (χ4n) is 2.24. The van der Waals surface area contributed by atoms with E-state index in [-0.39, 0.29) is 17.6 Å². The Kier molecular flexibility index (Phi) is 2.78. The van der Waals surface area contributed by atoms with Crippen LogP contribution in [0, 0.1) is 12.7 Å². The van der Waals surface area contributed by atoms with Crippen LogP contribution in [0.5, 0.6) is 11.5 Å². The summed E-state index contributed by atoms with van der Waals surface area (Å²) < 4.78 is 19.3. The molecule has 1 aliphatic rings. The zero-order chi connectivity index (χ0) is 13.4. The molecule has 0 radical (unpaired) electrons. The lowest BCUT2D eigenvalue weighted by Gasteiger charge is -2.14. The summed E-state index contributed by atoms with van der Waals surface area (Å²) in [5.41, 5.74) is 2.27. The van der Waals surface area contributed by atoms with E-state index in [4.69, 9.17) is 4.74 Å². The van der Waals surface area contributed by atoms with E-state index in [1.54, 1.807) is 24.3 Å². The first-order valence-corrected chi connectivity index (χ1v) is 6.12. The second-order valence-electron chi connectivity index (χ2n) is 4.71. The molecule has 0 aromatic heterocycles. The second-order valence-corrected chi connectivity index (χ2v) is 4.71. The number of phenolic OH excluding ortho intramolecular Hbond substituents is 1. The highest BCUT2D eigenvalue weighted by Gasteiger charge is 2.24. The Balaban J connectivity index is 1.86. The number of ether oxygens (including phenoxy) is 1. The van der Waals surface area contributed by atoms with E-state index >= 15 is 0 Å². The normalized spacial score (nSPS) is 16.8. The van der Waals surface area contributed by atoms with Crippen LogP contribution in [0.1, 0.15) is 17.2 Å². The predicted molar refractivity (Wildman–Crippen MR) is 71.1 cm³/mol. The summed E-state index contributed by atoms with van der Waals surface area (Å²) in [6, 6.07) is 9.95. The van der Waals surface area contributed by atoms with Gasteiger partial charge in [0.25, 0.3) is 0 Å². The van der Waals surface area contributed by atoms with Crippen LogP contribution >= 0.6 is 0 Å². The fraction of sp³-hybridized carbons (Fsp3) is 0.200. The Morgan fingerprint density at radius 1 is 1.26 bits per heavy atom. The molecule has 0 saturated heterocycles. The van der Waals surface area contributed by atoms with Crippen molar-refractivity contribution in [2.24, 2.45) is 0 Å². The Morgan fingerprint density at radius 2 is 2.11 bits per heavy atom. The van der Waals surface area contributed by atoms with Crippen molar-refractivity contribution >= 4 is 5.69 Å². The Hall–Kier alpha value is -2.23. The van der Waals surface area contributed by atoms with Crippen LogP contribution < -0.4 is 10.1 Å². The van der Waals surface area contributed by atoms with E-state index in [9.17, 15) is 9.50 Å². The lowest BCUT2D eigenvalue weighted by molar-refractivity contribution is 0.338. The van der Waals surface area contributed by atoms with Crippen LogP contribution in [0.25, 0.3) is 0 Å². The summed E-state index contributed by atoms with van der Waals surface area (Å²) in [6.45, 7) is 2.27. The van der Waals surface area contributed by atoms with Gasteiger partial charge in [-0.3, -0.25) is 0 Å². The van der Waals surface area contributed by atoms with Gasteiger partial charge in [0.05, 0.1) is 11.7 Å². The molecular formula is C15H14FNO2. The maximum absolute atomic E-state index is 13.8. The van der Waals surface area contributed by atoms with Crippen LogP contribution in [-0.2, 0) is 0 Å². The third-order valence-electron chi connectivity index (χ3n) is 3.23. The molecule has 0 fully saturated rings. The van der Waals surface area contributed by atoms with Crippen molar-refractivity contribution in [1.29, 1.82) is 0 Å². The molecule has 3 rings (SSSR count). The number of aromatic hydroxyl groups is 1. The topological polar surface area (TPSA) is 41.5 Å². The first-order valence-electron chi connectivity index (χ1n) is 6.12. The molecular weight excluding hydrogens is 245 g/mol. The quantitative estimate of drug-likeness (QED) is 0.868. The number of halogens is 1. The summed E-state index contributed by atoms with van der Waals surface area (Å²) in [5, 5.41) is 12.5. The minimum absolute atomic E-state index is 0.104. The average Bonchev–Trinajstić information content (AvgIpc) is 2.75. The molecule has 0 amide bonds. The molecule has 3 nitrogen and oxygen atoms in total. The monoisotopic (exact) mass is 259 g/mol. The standard InChI is InChI=1S/C15H14FNO2/c1-9-2-5-13(12(16)6-9)17-14-8-19-15-7-10(18)3-4-11(14)15/h2-7,14,17-18H,8H2,1H3. The molecule has 98 valence electrons. The van der Waals surface area contributed by atoms with Gasteiger partial charge in [0.2, 0.25) is 0 Å². The van der Waals surface area contributed by atoms with Crippen molar-refractivity contribution in [3.8, 4) is 11.5 Å². The number of hydrogen-bond acceptors (Lipinski definition) is 3. The number of phenols is 1. The number of hydrogen-bond donors (Lipinski definition) is 2. The third kappa shape index (κ3) is 2.21. The molecule has 0 spiro atoms. The van der Waals surface area contributed by atoms with Crippen molar-refractivity contribution in [3.63, 3.8) is 0 Å². The fourth-order valence-corrected chi connectivity index (χ4v) is 2.24. The lowest BCUT2D eigenvalue weighted by Crippen LogP contribution is -2.12.